The summed E-state index contributed by atoms with van der Waals surface area (Å²) in [4.78, 5) is 0. The van der Waals surface area contributed by atoms with Crippen molar-refractivity contribution in [1.29, 1.82) is 0 Å². The average Bonchev–Trinajstić information content (AvgIpc) is 2.74. The molecule has 1 saturated carbocycles. The Bertz CT molecular complexity index is 472. The van der Waals surface area contributed by atoms with E-state index in [-0.39, 0.29) is 0 Å². The van der Waals surface area contributed by atoms with E-state index >= 15 is 0 Å². The Hall–Kier alpha value is -1.02. The summed E-state index contributed by atoms with van der Waals surface area (Å²) >= 11 is 0. The van der Waals surface area contributed by atoms with Gasteiger partial charge in [0.2, 0.25) is 0 Å². The topological polar surface area (TPSA) is 18.5 Å². The maximum Gasteiger partial charge on any atom is 0.188 e. The molecule has 0 atom stereocenters. The molecule has 0 aliphatic heterocycles. The van der Waals surface area contributed by atoms with E-state index in [4.69, 9.17) is 9.47 Å². The molecule has 0 radical (unpaired) electrons. The molecule has 0 amide bonds. The van der Waals surface area contributed by atoms with Gasteiger partial charge in [-0.2, -0.15) is 0 Å². The van der Waals surface area contributed by atoms with Crippen LogP contribution in [-0.2, 0) is 16.6 Å². The molecule has 1 fully saturated rings. The Morgan fingerprint density at radius 1 is 1.21 bits per heavy atom. The summed E-state index contributed by atoms with van der Waals surface area (Å²) in [6.07, 6.45) is 6.74. The fourth-order valence-electron chi connectivity index (χ4n) is 3.81. The van der Waals surface area contributed by atoms with E-state index in [0.29, 0.717) is 18.1 Å². The lowest BCUT2D eigenvalue weighted by Gasteiger charge is -2.41. The molecule has 0 saturated heterocycles. The van der Waals surface area contributed by atoms with Crippen molar-refractivity contribution in [2.24, 2.45) is 0 Å². The number of benzene rings is 1. The third kappa shape index (κ3) is 2.06. The number of methoxy groups -OCH3 is 1. The van der Waals surface area contributed by atoms with E-state index < -0.39 is 0 Å². The molecule has 0 bridgehead atoms. The summed E-state index contributed by atoms with van der Waals surface area (Å²) < 4.78 is 10.7. The van der Waals surface area contributed by atoms with Crippen LogP contribution in [0.4, 0.5) is 0 Å². The van der Waals surface area contributed by atoms with E-state index in [9.17, 15) is 0 Å². The van der Waals surface area contributed by atoms with Crippen molar-refractivity contribution < 1.29 is 9.47 Å². The van der Waals surface area contributed by atoms with Crippen molar-refractivity contribution in [1.82, 2.24) is 0 Å². The smallest absolute Gasteiger partial charge is 0.188 e. The number of fused-ring (bicyclic) bond motifs is 2. The fourth-order valence-corrected chi connectivity index (χ4v) is 3.81. The SMILES string of the molecule is COCOc1cc2c(c(C(C)C)c1)C1(CCC1)CC2. The molecule has 1 aromatic rings. The van der Waals surface area contributed by atoms with Gasteiger partial charge >= 0.3 is 0 Å². The first-order chi connectivity index (χ1) is 9.16. The highest BCUT2D eigenvalue weighted by molar-refractivity contribution is 5.52. The zero-order valence-corrected chi connectivity index (χ0v) is 12.3. The van der Waals surface area contributed by atoms with Crippen molar-refractivity contribution in [3.63, 3.8) is 0 Å². The zero-order chi connectivity index (χ0) is 13.5. The fraction of sp³-hybridized carbons (Fsp3) is 0.647. The largest absolute Gasteiger partial charge is 0.468 e. The van der Waals surface area contributed by atoms with E-state index in [1.165, 1.54) is 43.2 Å². The van der Waals surface area contributed by atoms with Gasteiger partial charge < -0.3 is 9.47 Å². The van der Waals surface area contributed by atoms with E-state index in [1.54, 1.807) is 12.7 Å². The van der Waals surface area contributed by atoms with Crippen molar-refractivity contribution in [2.75, 3.05) is 13.9 Å². The summed E-state index contributed by atoms with van der Waals surface area (Å²) in [5.41, 5.74) is 5.21. The number of aryl methyl sites for hydroxylation is 1. The molecule has 1 spiro atoms. The van der Waals surface area contributed by atoms with Crippen molar-refractivity contribution in [2.45, 2.75) is 57.3 Å². The van der Waals surface area contributed by atoms with Crippen LogP contribution in [0.15, 0.2) is 12.1 Å². The van der Waals surface area contributed by atoms with Gasteiger partial charge in [0.1, 0.15) is 5.75 Å². The van der Waals surface area contributed by atoms with Crippen LogP contribution in [0.2, 0.25) is 0 Å². The van der Waals surface area contributed by atoms with Gasteiger partial charge in [-0.05, 0) is 65.8 Å². The molecule has 19 heavy (non-hydrogen) atoms. The molecule has 0 unspecified atom stereocenters. The molecule has 0 N–H and O–H groups in total. The molecule has 2 aliphatic carbocycles. The Balaban J connectivity index is 2.02. The van der Waals surface area contributed by atoms with Crippen LogP contribution in [0.5, 0.6) is 5.75 Å². The third-order valence-electron chi connectivity index (χ3n) is 4.90. The number of rotatable bonds is 4. The highest BCUT2D eigenvalue weighted by atomic mass is 16.7. The van der Waals surface area contributed by atoms with Crippen LogP contribution in [-0.4, -0.2) is 13.9 Å². The summed E-state index contributed by atoms with van der Waals surface area (Å²) in [5.74, 6) is 1.54. The second kappa shape index (κ2) is 4.82. The molecular formula is C17H24O2. The van der Waals surface area contributed by atoms with Gasteiger partial charge in [0.25, 0.3) is 0 Å². The Morgan fingerprint density at radius 3 is 2.58 bits per heavy atom. The van der Waals surface area contributed by atoms with E-state index in [1.807, 2.05) is 0 Å². The molecule has 1 aromatic carbocycles. The highest BCUT2D eigenvalue weighted by Crippen LogP contribution is 2.55. The van der Waals surface area contributed by atoms with Crippen molar-refractivity contribution in [3.8, 4) is 5.75 Å². The summed E-state index contributed by atoms with van der Waals surface area (Å²) in [6, 6.07) is 4.49. The minimum atomic E-state index is 0.335. The lowest BCUT2D eigenvalue weighted by Crippen LogP contribution is -2.32. The predicted molar refractivity (Wildman–Crippen MR) is 76.9 cm³/mol. The lowest BCUT2D eigenvalue weighted by molar-refractivity contribution is 0.0510. The molecule has 0 aromatic heterocycles. The second-order valence-electron chi connectivity index (χ2n) is 6.39. The zero-order valence-electron chi connectivity index (χ0n) is 12.3. The summed E-state index contributed by atoms with van der Waals surface area (Å²) in [7, 11) is 1.67. The first kappa shape index (κ1) is 13.0. The maximum atomic E-state index is 5.67. The van der Waals surface area contributed by atoms with Crippen molar-refractivity contribution in [3.05, 3.63) is 28.8 Å². The number of hydrogen-bond donors (Lipinski definition) is 0. The van der Waals surface area contributed by atoms with Gasteiger partial charge in [0, 0.05) is 7.11 Å². The molecule has 104 valence electrons. The van der Waals surface area contributed by atoms with Crippen LogP contribution in [0.3, 0.4) is 0 Å². The minimum absolute atomic E-state index is 0.335. The summed E-state index contributed by atoms with van der Waals surface area (Å²) in [6.45, 7) is 4.92. The predicted octanol–water partition coefficient (Wildman–Crippen LogP) is 4.16. The first-order valence-electron chi connectivity index (χ1n) is 7.45. The molecule has 3 rings (SSSR count). The third-order valence-corrected chi connectivity index (χ3v) is 4.90. The van der Waals surface area contributed by atoms with Gasteiger partial charge in [-0.25, -0.2) is 0 Å². The Morgan fingerprint density at radius 2 is 2.00 bits per heavy atom. The van der Waals surface area contributed by atoms with Crippen molar-refractivity contribution >= 4 is 0 Å². The maximum absolute atomic E-state index is 5.67. The number of ether oxygens (including phenoxy) is 2. The van der Waals surface area contributed by atoms with Crippen LogP contribution in [0.1, 0.15) is 62.1 Å². The monoisotopic (exact) mass is 260 g/mol. The highest BCUT2D eigenvalue weighted by Gasteiger charge is 2.45. The molecule has 2 nitrogen and oxygen atoms in total. The van der Waals surface area contributed by atoms with Crippen LogP contribution < -0.4 is 4.74 Å². The van der Waals surface area contributed by atoms with Crippen LogP contribution >= 0.6 is 0 Å². The first-order valence-corrected chi connectivity index (χ1v) is 7.45. The quantitative estimate of drug-likeness (QED) is 0.757. The van der Waals surface area contributed by atoms with Crippen LogP contribution in [0.25, 0.3) is 0 Å². The Labute approximate surface area is 116 Å². The van der Waals surface area contributed by atoms with Gasteiger partial charge in [-0.15, -0.1) is 0 Å². The summed E-state index contributed by atoms with van der Waals surface area (Å²) in [5, 5.41) is 0. The minimum Gasteiger partial charge on any atom is -0.468 e. The standard InChI is InChI=1S/C17H24O2/c1-12(2)15-10-14(19-11-18-3)9-13-5-8-17(16(13)15)6-4-7-17/h9-10,12H,4-8,11H2,1-3H3. The normalized spacial score (nSPS) is 19.6. The van der Waals surface area contributed by atoms with Gasteiger partial charge in [-0.1, -0.05) is 20.3 Å². The van der Waals surface area contributed by atoms with Gasteiger partial charge in [-0.3, -0.25) is 0 Å². The van der Waals surface area contributed by atoms with E-state index in [0.717, 1.165) is 5.75 Å². The Kier molecular flexibility index (Phi) is 3.30. The molecular weight excluding hydrogens is 236 g/mol. The van der Waals surface area contributed by atoms with E-state index in [2.05, 4.69) is 26.0 Å². The molecule has 0 heterocycles. The number of hydrogen-bond acceptors (Lipinski definition) is 2. The van der Waals surface area contributed by atoms with Gasteiger partial charge in [0.05, 0.1) is 0 Å². The lowest BCUT2D eigenvalue weighted by atomic mass is 9.63. The van der Waals surface area contributed by atoms with Gasteiger partial charge in [0.15, 0.2) is 6.79 Å². The second-order valence-corrected chi connectivity index (χ2v) is 6.39. The average molecular weight is 260 g/mol. The molecule has 2 aliphatic rings. The van der Waals surface area contributed by atoms with Crippen LogP contribution in [0, 0.1) is 0 Å². The molecule has 2 heteroatoms.